The Kier molecular flexibility index (Phi) is 9.08. The third-order valence-corrected chi connectivity index (χ3v) is 6.31. The standard InChI is InChI=1S/C28H22ClN3O6.Na/c1-36-26-9-5-18(15-31-26)17-4-8-25(30-14-17)32-27(33)16-2-6-19(7-3-16)38-24-13-23-21(12-22(24)29)20(28(34)35)10-11-37-23;/h2-9,12-15,20H,10-11H2,1H3,(H,34,35)(H,30,32,33);/q;+1/p-1. The average molecular weight is 554 g/mol. The fourth-order valence-corrected chi connectivity index (χ4v) is 4.22. The number of aliphatic carboxylic acids is 1. The molecule has 0 saturated heterocycles. The molecule has 2 aromatic carbocycles. The number of fused-ring (bicyclic) bond motifs is 1. The predicted molar refractivity (Wildman–Crippen MR) is 138 cm³/mol. The van der Waals surface area contributed by atoms with E-state index >= 15 is 0 Å². The Morgan fingerprint density at radius 3 is 2.36 bits per heavy atom. The van der Waals surface area contributed by atoms with E-state index in [9.17, 15) is 14.7 Å². The third kappa shape index (κ3) is 6.51. The maximum atomic E-state index is 12.7. The zero-order valence-corrected chi connectivity index (χ0v) is 23.9. The number of carbonyl (C=O) groups excluding carboxylic acids is 2. The van der Waals surface area contributed by atoms with Gasteiger partial charge in [-0.05, 0) is 55.0 Å². The van der Waals surface area contributed by atoms with Crippen molar-refractivity contribution in [2.24, 2.45) is 0 Å². The summed E-state index contributed by atoms with van der Waals surface area (Å²) < 4.78 is 16.5. The molecule has 2 aromatic heterocycles. The molecular weight excluding hydrogens is 533 g/mol. The molecule has 0 aliphatic carbocycles. The summed E-state index contributed by atoms with van der Waals surface area (Å²) in [7, 11) is 1.55. The van der Waals surface area contributed by atoms with E-state index in [4.69, 9.17) is 25.8 Å². The van der Waals surface area contributed by atoms with E-state index in [0.29, 0.717) is 46.5 Å². The first-order valence-electron chi connectivity index (χ1n) is 11.6. The van der Waals surface area contributed by atoms with E-state index in [2.05, 4.69) is 15.3 Å². The molecule has 1 N–H and O–H groups in total. The van der Waals surface area contributed by atoms with Crippen LogP contribution in [0.1, 0.15) is 28.3 Å². The van der Waals surface area contributed by atoms with Crippen molar-refractivity contribution >= 4 is 29.3 Å². The van der Waals surface area contributed by atoms with Gasteiger partial charge in [-0.25, -0.2) is 9.97 Å². The van der Waals surface area contributed by atoms with E-state index in [1.165, 1.54) is 6.07 Å². The molecule has 192 valence electrons. The number of hydrogen-bond donors (Lipinski definition) is 1. The normalized spacial score (nSPS) is 13.7. The van der Waals surface area contributed by atoms with Gasteiger partial charge in [-0.3, -0.25) is 4.79 Å². The summed E-state index contributed by atoms with van der Waals surface area (Å²) >= 11 is 6.34. The van der Waals surface area contributed by atoms with Crippen molar-refractivity contribution in [3.05, 3.63) is 89.2 Å². The minimum Gasteiger partial charge on any atom is -0.549 e. The first kappa shape index (κ1) is 28.4. The fraction of sp³-hybridized carbons (Fsp3) is 0.143. The first-order valence-corrected chi connectivity index (χ1v) is 12.0. The number of carbonyl (C=O) groups is 2. The SMILES string of the molecule is COc1ccc(-c2ccc(NC(=O)c3ccc(Oc4cc5c(cc4Cl)C(C(=O)[O-])CCO5)cc3)nc2)cn1.[Na+]. The van der Waals surface area contributed by atoms with Crippen LogP contribution in [0.4, 0.5) is 5.82 Å². The summed E-state index contributed by atoms with van der Waals surface area (Å²) in [6.45, 7) is 0.257. The van der Waals surface area contributed by atoms with Crippen LogP contribution in [0, 0.1) is 0 Å². The van der Waals surface area contributed by atoms with Gasteiger partial charge in [-0.1, -0.05) is 11.6 Å². The van der Waals surface area contributed by atoms with E-state index in [1.54, 1.807) is 62.0 Å². The molecule has 0 radical (unpaired) electrons. The molecule has 1 amide bonds. The molecule has 1 aliphatic rings. The molecule has 9 nitrogen and oxygen atoms in total. The summed E-state index contributed by atoms with van der Waals surface area (Å²) in [5.41, 5.74) is 2.58. The maximum Gasteiger partial charge on any atom is 1.00 e. The van der Waals surface area contributed by atoms with Gasteiger partial charge in [0.25, 0.3) is 5.91 Å². The molecule has 0 fully saturated rings. The second-order valence-electron chi connectivity index (χ2n) is 8.43. The van der Waals surface area contributed by atoms with Gasteiger partial charge in [-0.2, -0.15) is 0 Å². The number of aromatic nitrogens is 2. The van der Waals surface area contributed by atoms with Crippen LogP contribution >= 0.6 is 11.6 Å². The summed E-state index contributed by atoms with van der Waals surface area (Å²) in [6.07, 6.45) is 3.65. The number of benzene rings is 2. The summed E-state index contributed by atoms with van der Waals surface area (Å²) in [4.78, 5) is 32.6. The number of anilines is 1. The molecule has 5 rings (SSSR count). The molecule has 1 unspecified atom stereocenters. The van der Waals surface area contributed by atoms with Gasteiger partial charge in [0, 0.05) is 58.7 Å². The van der Waals surface area contributed by atoms with Gasteiger partial charge in [0.1, 0.15) is 23.1 Å². The summed E-state index contributed by atoms with van der Waals surface area (Å²) in [5.74, 6) is -0.241. The molecule has 0 spiro atoms. The van der Waals surface area contributed by atoms with Crippen molar-refractivity contribution in [2.45, 2.75) is 12.3 Å². The molecule has 1 aliphatic heterocycles. The summed E-state index contributed by atoms with van der Waals surface area (Å²) in [6, 6.07) is 16.7. The second kappa shape index (κ2) is 12.5. The zero-order chi connectivity index (χ0) is 26.6. The van der Waals surface area contributed by atoms with E-state index in [1.807, 2.05) is 12.1 Å². The van der Waals surface area contributed by atoms with Crippen LogP contribution in [0.3, 0.4) is 0 Å². The van der Waals surface area contributed by atoms with Crippen molar-refractivity contribution in [1.29, 1.82) is 0 Å². The third-order valence-electron chi connectivity index (χ3n) is 6.02. The van der Waals surface area contributed by atoms with Crippen LogP contribution in [0.25, 0.3) is 11.1 Å². The number of amides is 1. The van der Waals surface area contributed by atoms with Crippen molar-refractivity contribution in [3.63, 3.8) is 0 Å². The van der Waals surface area contributed by atoms with Crippen LogP contribution in [-0.4, -0.2) is 35.6 Å². The van der Waals surface area contributed by atoms with E-state index in [0.717, 1.165) is 11.1 Å². The van der Waals surface area contributed by atoms with Gasteiger partial charge in [0.05, 0.1) is 18.7 Å². The first-order chi connectivity index (χ1) is 18.4. The molecule has 11 heteroatoms. The average Bonchev–Trinajstić information content (AvgIpc) is 2.94. The van der Waals surface area contributed by atoms with Crippen LogP contribution in [0.2, 0.25) is 5.02 Å². The maximum absolute atomic E-state index is 12.7. The van der Waals surface area contributed by atoms with Crippen molar-refractivity contribution < 1.29 is 58.5 Å². The Morgan fingerprint density at radius 1 is 1.03 bits per heavy atom. The van der Waals surface area contributed by atoms with Crippen LogP contribution < -0.4 is 54.2 Å². The molecule has 3 heterocycles. The van der Waals surface area contributed by atoms with Crippen LogP contribution in [0.5, 0.6) is 23.1 Å². The van der Waals surface area contributed by atoms with Gasteiger partial charge in [0.15, 0.2) is 0 Å². The Balaban J connectivity index is 0.00000353. The monoisotopic (exact) mass is 553 g/mol. The van der Waals surface area contributed by atoms with E-state index < -0.39 is 11.9 Å². The van der Waals surface area contributed by atoms with Crippen LogP contribution in [0.15, 0.2) is 73.1 Å². The molecule has 0 saturated carbocycles. The Bertz CT molecular complexity index is 1480. The minimum atomic E-state index is -1.17. The molecule has 1 atom stereocenters. The number of ether oxygens (including phenoxy) is 3. The minimum absolute atomic E-state index is 0. The second-order valence-corrected chi connectivity index (χ2v) is 8.84. The number of rotatable bonds is 7. The number of carboxylic acids is 1. The zero-order valence-electron chi connectivity index (χ0n) is 21.1. The topological polar surface area (TPSA) is 123 Å². The molecule has 0 bridgehead atoms. The molecular formula is C28H21ClN3NaO6. The smallest absolute Gasteiger partial charge is 0.549 e. The fourth-order valence-electron chi connectivity index (χ4n) is 4.01. The van der Waals surface area contributed by atoms with Crippen molar-refractivity contribution in [3.8, 4) is 34.3 Å². The van der Waals surface area contributed by atoms with Gasteiger partial charge < -0.3 is 29.4 Å². The number of carboxylic acid groups (broad SMARTS) is 1. The molecule has 4 aromatic rings. The van der Waals surface area contributed by atoms with Crippen LogP contribution in [-0.2, 0) is 4.79 Å². The van der Waals surface area contributed by atoms with Gasteiger partial charge >= 0.3 is 29.6 Å². The Labute approximate surface area is 251 Å². The largest absolute Gasteiger partial charge is 1.00 e. The summed E-state index contributed by atoms with van der Waals surface area (Å²) in [5, 5.41) is 14.4. The number of nitrogens with zero attached hydrogens (tertiary/aromatic N) is 2. The number of nitrogens with one attached hydrogen (secondary N) is 1. The van der Waals surface area contributed by atoms with Crippen molar-refractivity contribution in [2.75, 3.05) is 19.0 Å². The Hall–Kier alpha value is -3.63. The Morgan fingerprint density at radius 2 is 1.74 bits per heavy atom. The number of pyridine rings is 2. The van der Waals surface area contributed by atoms with Gasteiger partial charge in [0.2, 0.25) is 5.88 Å². The number of halogens is 1. The number of hydrogen-bond acceptors (Lipinski definition) is 8. The quantitative estimate of drug-likeness (QED) is 0.341. The van der Waals surface area contributed by atoms with E-state index in [-0.39, 0.29) is 47.1 Å². The van der Waals surface area contributed by atoms with Gasteiger partial charge in [-0.15, -0.1) is 0 Å². The molecule has 39 heavy (non-hydrogen) atoms. The van der Waals surface area contributed by atoms with Crippen molar-refractivity contribution in [1.82, 2.24) is 9.97 Å². The predicted octanol–water partition coefficient (Wildman–Crippen LogP) is 1.47. The number of methoxy groups -OCH3 is 1.